The molecule has 2 amide bonds. The Bertz CT molecular complexity index is 575. The smallest absolute Gasteiger partial charge is 0.239 e. The molecule has 0 aliphatic heterocycles. The molecule has 0 bridgehead atoms. The molecule has 3 N–H and O–H groups in total. The number of primary amides is 1. The van der Waals surface area contributed by atoms with Gasteiger partial charge in [-0.25, -0.2) is 0 Å². The molecule has 0 aromatic carbocycles. The highest BCUT2D eigenvalue weighted by atomic mass is 16.2. The number of hydrogen-bond donors (Lipinski definition) is 2. The quantitative estimate of drug-likeness (QED) is 0.868. The SMILES string of the molecule is NC(=O)Cn1cc2c(n1)[C@@H](NC(=O)CC1CCCCC1)CCC2. The second-order valence-electron chi connectivity index (χ2n) is 6.92. The van der Waals surface area contributed by atoms with E-state index in [-0.39, 0.29) is 18.5 Å². The van der Waals surface area contributed by atoms with Gasteiger partial charge in [-0.15, -0.1) is 0 Å². The topological polar surface area (TPSA) is 90.0 Å². The fourth-order valence-corrected chi connectivity index (χ4v) is 3.88. The zero-order valence-electron chi connectivity index (χ0n) is 13.6. The van der Waals surface area contributed by atoms with Gasteiger partial charge in [-0.05, 0) is 43.6 Å². The molecule has 23 heavy (non-hydrogen) atoms. The molecule has 1 heterocycles. The summed E-state index contributed by atoms with van der Waals surface area (Å²) in [4.78, 5) is 23.4. The van der Waals surface area contributed by atoms with Crippen molar-refractivity contribution in [1.82, 2.24) is 15.1 Å². The molecule has 2 aliphatic carbocycles. The molecular formula is C17H26N4O2. The van der Waals surface area contributed by atoms with Gasteiger partial charge in [-0.1, -0.05) is 19.3 Å². The lowest BCUT2D eigenvalue weighted by molar-refractivity contribution is -0.123. The first-order valence-electron chi connectivity index (χ1n) is 8.75. The highest BCUT2D eigenvalue weighted by Crippen LogP contribution is 2.30. The van der Waals surface area contributed by atoms with E-state index < -0.39 is 5.91 Å². The van der Waals surface area contributed by atoms with E-state index in [1.54, 1.807) is 4.68 Å². The predicted molar refractivity (Wildman–Crippen MR) is 86.4 cm³/mol. The van der Waals surface area contributed by atoms with E-state index in [9.17, 15) is 9.59 Å². The normalized spacial score (nSPS) is 21.7. The molecule has 0 radical (unpaired) electrons. The number of amides is 2. The first kappa shape index (κ1) is 16.0. The predicted octanol–water partition coefficient (Wildman–Crippen LogP) is 1.83. The van der Waals surface area contributed by atoms with Crippen LogP contribution >= 0.6 is 0 Å². The van der Waals surface area contributed by atoms with Crippen LogP contribution in [-0.4, -0.2) is 21.6 Å². The van der Waals surface area contributed by atoms with E-state index in [0.717, 1.165) is 30.5 Å². The number of nitrogens with one attached hydrogen (secondary N) is 1. The number of aromatic nitrogens is 2. The summed E-state index contributed by atoms with van der Waals surface area (Å²) in [6.45, 7) is 0.0930. The lowest BCUT2D eigenvalue weighted by Crippen LogP contribution is -2.32. The van der Waals surface area contributed by atoms with Crippen LogP contribution in [0.3, 0.4) is 0 Å². The Balaban J connectivity index is 1.61. The maximum Gasteiger partial charge on any atom is 0.239 e. The van der Waals surface area contributed by atoms with Gasteiger partial charge in [0.1, 0.15) is 6.54 Å². The Morgan fingerprint density at radius 2 is 2.00 bits per heavy atom. The maximum absolute atomic E-state index is 12.4. The van der Waals surface area contributed by atoms with Crippen LogP contribution in [0.15, 0.2) is 6.20 Å². The van der Waals surface area contributed by atoms with E-state index in [0.29, 0.717) is 12.3 Å². The third-order valence-corrected chi connectivity index (χ3v) is 4.99. The molecular weight excluding hydrogens is 292 g/mol. The zero-order chi connectivity index (χ0) is 16.2. The molecule has 2 aliphatic rings. The van der Waals surface area contributed by atoms with Crippen LogP contribution in [0.1, 0.15) is 68.7 Å². The Hall–Kier alpha value is -1.85. The number of hydrogen-bond acceptors (Lipinski definition) is 3. The fourth-order valence-electron chi connectivity index (χ4n) is 3.88. The summed E-state index contributed by atoms with van der Waals surface area (Å²) in [5.74, 6) is 0.279. The number of aryl methyl sites for hydroxylation is 1. The summed E-state index contributed by atoms with van der Waals surface area (Å²) in [5.41, 5.74) is 7.27. The summed E-state index contributed by atoms with van der Waals surface area (Å²) >= 11 is 0. The first-order valence-corrected chi connectivity index (χ1v) is 8.75. The van der Waals surface area contributed by atoms with Gasteiger partial charge in [0, 0.05) is 12.6 Å². The molecule has 0 saturated heterocycles. The summed E-state index contributed by atoms with van der Waals surface area (Å²) in [6, 6.07) is -0.0241. The summed E-state index contributed by atoms with van der Waals surface area (Å²) in [5, 5.41) is 7.63. The largest absolute Gasteiger partial charge is 0.368 e. The molecule has 3 rings (SSSR count). The second kappa shape index (κ2) is 7.15. The monoisotopic (exact) mass is 318 g/mol. The van der Waals surface area contributed by atoms with E-state index >= 15 is 0 Å². The van der Waals surface area contributed by atoms with Crippen molar-refractivity contribution in [1.29, 1.82) is 0 Å². The fraction of sp³-hybridized carbons (Fsp3) is 0.706. The van der Waals surface area contributed by atoms with Crippen LogP contribution in [0.2, 0.25) is 0 Å². The van der Waals surface area contributed by atoms with Gasteiger partial charge in [0.2, 0.25) is 11.8 Å². The van der Waals surface area contributed by atoms with Crippen molar-refractivity contribution in [3.05, 3.63) is 17.5 Å². The van der Waals surface area contributed by atoms with Crippen LogP contribution in [-0.2, 0) is 22.6 Å². The lowest BCUT2D eigenvalue weighted by atomic mass is 9.86. The van der Waals surface area contributed by atoms with Gasteiger partial charge in [-0.3, -0.25) is 14.3 Å². The van der Waals surface area contributed by atoms with Crippen molar-refractivity contribution >= 4 is 11.8 Å². The molecule has 6 nitrogen and oxygen atoms in total. The summed E-state index contributed by atoms with van der Waals surface area (Å²) in [7, 11) is 0. The Labute approximate surface area is 136 Å². The van der Waals surface area contributed by atoms with E-state index in [4.69, 9.17) is 5.73 Å². The molecule has 126 valence electrons. The van der Waals surface area contributed by atoms with Crippen LogP contribution in [0.25, 0.3) is 0 Å². The minimum atomic E-state index is -0.400. The molecule has 0 unspecified atom stereocenters. The van der Waals surface area contributed by atoms with Crippen molar-refractivity contribution < 1.29 is 9.59 Å². The average Bonchev–Trinajstić information content (AvgIpc) is 2.91. The Morgan fingerprint density at radius 1 is 1.22 bits per heavy atom. The molecule has 1 fully saturated rings. The maximum atomic E-state index is 12.4. The Morgan fingerprint density at radius 3 is 2.74 bits per heavy atom. The van der Waals surface area contributed by atoms with Crippen molar-refractivity contribution in [2.24, 2.45) is 11.7 Å². The van der Waals surface area contributed by atoms with Gasteiger partial charge in [-0.2, -0.15) is 5.10 Å². The minimum absolute atomic E-state index is 0.0241. The average molecular weight is 318 g/mol. The van der Waals surface area contributed by atoms with E-state index in [1.807, 2.05) is 6.20 Å². The highest BCUT2D eigenvalue weighted by Gasteiger charge is 2.26. The second-order valence-corrected chi connectivity index (χ2v) is 6.92. The molecule has 1 aromatic heterocycles. The van der Waals surface area contributed by atoms with Gasteiger partial charge in [0.25, 0.3) is 0 Å². The minimum Gasteiger partial charge on any atom is -0.368 e. The van der Waals surface area contributed by atoms with Crippen LogP contribution in [0.5, 0.6) is 0 Å². The number of carbonyl (C=O) groups excluding carboxylic acids is 2. The highest BCUT2D eigenvalue weighted by molar-refractivity contribution is 5.76. The molecule has 1 aromatic rings. The number of fused-ring (bicyclic) bond motifs is 1. The first-order chi connectivity index (χ1) is 11.1. The summed E-state index contributed by atoms with van der Waals surface area (Å²) in [6.07, 6.45) is 11.6. The number of carbonyl (C=O) groups is 2. The van der Waals surface area contributed by atoms with Crippen molar-refractivity contribution in [3.8, 4) is 0 Å². The molecule has 0 spiro atoms. The third-order valence-electron chi connectivity index (χ3n) is 4.99. The van der Waals surface area contributed by atoms with Crippen LogP contribution < -0.4 is 11.1 Å². The van der Waals surface area contributed by atoms with Crippen molar-refractivity contribution in [2.75, 3.05) is 0 Å². The standard InChI is InChI=1S/C17H26N4O2/c18-15(22)11-21-10-13-7-4-8-14(17(13)20-21)19-16(23)9-12-5-2-1-3-6-12/h10,12,14H,1-9,11H2,(H2,18,22)(H,19,23)/t14-/m0/s1. The van der Waals surface area contributed by atoms with Gasteiger partial charge >= 0.3 is 0 Å². The van der Waals surface area contributed by atoms with Crippen molar-refractivity contribution in [3.63, 3.8) is 0 Å². The number of rotatable bonds is 5. The Kier molecular flexibility index (Phi) is 4.98. The molecule has 1 atom stereocenters. The van der Waals surface area contributed by atoms with Gasteiger partial charge in [0.05, 0.1) is 11.7 Å². The summed E-state index contributed by atoms with van der Waals surface area (Å²) < 4.78 is 1.60. The van der Waals surface area contributed by atoms with Crippen LogP contribution in [0.4, 0.5) is 0 Å². The van der Waals surface area contributed by atoms with Crippen molar-refractivity contribution in [2.45, 2.75) is 70.4 Å². The molecule has 6 heteroatoms. The van der Waals surface area contributed by atoms with Gasteiger partial charge in [0.15, 0.2) is 0 Å². The zero-order valence-corrected chi connectivity index (χ0v) is 13.6. The lowest BCUT2D eigenvalue weighted by Gasteiger charge is -2.25. The van der Waals surface area contributed by atoms with E-state index in [1.165, 1.54) is 32.1 Å². The number of nitrogens with zero attached hydrogens (tertiary/aromatic N) is 2. The van der Waals surface area contributed by atoms with E-state index in [2.05, 4.69) is 10.4 Å². The molecule has 1 saturated carbocycles. The number of nitrogens with two attached hydrogens (primary N) is 1. The third kappa shape index (κ3) is 4.12. The van der Waals surface area contributed by atoms with Gasteiger partial charge < -0.3 is 11.1 Å². The van der Waals surface area contributed by atoms with Crippen LogP contribution in [0, 0.1) is 5.92 Å².